The summed E-state index contributed by atoms with van der Waals surface area (Å²) in [5, 5.41) is 3.56. The first kappa shape index (κ1) is 6.90. The highest BCUT2D eigenvalue weighted by Crippen LogP contribution is 2.17. The number of nitrogens with zero attached hydrogens (tertiary/aromatic N) is 3. The third-order valence-corrected chi connectivity index (χ3v) is 1.49. The van der Waals surface area contributed by atoms with Crippen molar-refractivity contribution in [3.05, 3.63) is 18.6 Å². The predicted molar refractivity (Wildman–Crippen MR) is 43.1 cm³/mol. The minimum absolute atomic E-state index is 0.371. The summed E-state index contributed by atoms with van der Waals surface area (Å²) in [6.45, 7) is 0. The zero-order valence-electron chi connectivity index (χ0n) is 6.56. The maximum Gasteiger partial charge on any atom is 0.188 e. The fourth-order valence-electron chi connectivity index (χ4n) is 0.950. The zero-order valence-corrected chi connectivity index (χ0v) is 6.56. The SMILES string of the molecule is Cn1cnc(-c2cc(N)no2)c1. The Balaban J connectivity index is 2.43. The van der Waals surface area contributed by atoms with Gasteiger partial charge in [0.2, 0.25) is 0 Å². The van der Waals surface area contributed by atoms with Crippen LogP contribution in [0.15, 0.2) is 23.1 Å². The van der Waals surface area contributed by atoms with E-state index in [-0.39, 0.29) is 0 Å². The summed E-state index contributed by atoms with van der Waals surface area (Å²) in [5.41, 5.74) is 6.12. The van der Waals surface area contributed by atoms with E-state index >= 15 is 0 Å². The second-order valence-electron chi connectivity index (χ2n) is 2.54. The van der Waals surface area contributed by atoms with Gasteiger partial charge in [0.1, 0.15) is 5.69 Å². The van der Waals surface area contributed by atoms with E-state index < -0.39 is 0 Å². The van der Waals surface area contributed by atoms with Crippen molar-refractivity contribution >= 4 is 5.82 Å². The van der Waals surface area contributed by atoms with E-state index in [2.05, 4.69) is 10.1 Å². The number of hydrogen-bond acceptors (Lipinski definition) is 4. The largest absolute Gasteiger partial charge is 0.381 e. The Morgan fingerprint density at radius 2 is 2.42 bits per heavy atom. The lowest BCUT2D eigenvalue weighted by atomic mass is 10.3. The molecule has 0 saturated carbocycles. The lowest BCUT2D eigenvalue weighted by Crippen LogP contribution is -1.80. The van der Waals surface area contributed by atoms with E-state index in [1.54, 1.807) is 12.4 Å². The molecule has 5 nitrogen and oxygen atoms in total. The van der Waals surface area contributed by atoms with Gasteiger partial charge in [0.25, 0.3) is 0 Å². The molecule has 0 aliphatic heterocycles. The molecule has 0 bridgehead atoms. The van der Waals surface area contributed by atoms with Crippen LogP contribution in [0, 0.1) is 0 Å². The van der Waals surface area contributed by atoms with Crippen molar-refractivity contribution in [3.8, 4) is 11.5 Å². The van der Waals surface area contributed by atoms with Gasteiger partial charge in [0.05, 0.1) is 6.33 Å². The third-order valence-electron chi connectivity index (χ3n) is 1.49. The van der Waals surface area contributed by atoms with E-state index in [1.165, 1.54) is 0 Å². The van der Waals surface area contributed by atoms with E-state index in [4.69, 9.17) is 10.3 Å². The van der Waals surface area contributed by atoms with Crippen molar-refractivity contribution in [2.24, 2.45) is 7.05 Å². The molecule has 2 N–H and O–H groups in total. The summed E-state index contributed by atoms with van der Waals surface area (Å²) >= 11 is 0. The van der Waals surface area contributed by atoms with E-state index in [0.717, 1.165) is 5.69 Å². The molecule has 2 aromatic rings. The molecule has 0 amide bonds. The van der Waals surface area contributed by atoms with Crippen molar-refractivity contribution in [1.29, 1.82) is 0 Å². The Morgan fingerprint density at radius 1 is 1.58 bits per heavy atom. The molecule has 5 heteroatoms. The molecule has 62 valence electrons. The van der Waals surface area contributed by atoms with Gasteiger partial charge < -0.3 is 14.8 Å². The molecule has 0 fully saturated rings. The van der Waals surface area contributed by atoms with Crippen LogP contribution in [0.4, 0.5) is 5.82 Å². The van der Waals surface area contributed by atoms with Crippen molar-refractivity contribution in [3.63, 3.8) is 0 Å². The molecule has 0 saturated heterocycles. The minimum Gasteiger partial charge on any atom is -0.381 e. The van der Waals surface area contributed by atoms with E-state index in [0.29, 0.717) is 11.6 Å². The normalized spacial score (nSPS) is 10.4. The highest BCUT2D eigenvalue weighted by Gasteiger charge is 2.06. The van der Waals surface area contributed by atoms with E-state index in [9.17, 15) is 0 Å². The second-order valence-corrected chi connectivity index (χ2v) is 2.54. The molecular weight excluding hydrogens is 156 g/mol. The van der Waals surface area contributed by atoms with Crippen molar-refractivity contribution in [2.45, 2.75) is 0 Å². The van der Waals surface area contributed by atoms with Crippen molar-refractivity contribution in [2.75, 3.05) is 5.73 Å². The Bertz CT molecular complexity index is 351. The van der Waals surface area contributed by atoms with Crippen molar-refractivity contribution < 1.29 is 4.52 Å². The lowest BCUT2D eigenvalue weighted by Gasteiger charge is -1.83. The van der Waals surface area contributed by atoms with Crippen LogP contribution in [0.1, 0.15) is 0 Å². The summed E-state index contributed by atoms with van der Waals surface area (Å²) in [5.74, 6) is 0.962. The number of nitrogens with two attached hydrogens (primary N) is 1. The molecular formula is C7H8N4O. The lowest BCUT2D eigenvalue weighted by molar-refractivity contribution is 0.434. The first-order valence-electron chi connectivity index (χ1n) is 3.46. The molecule has 2 heterocycles. The smallest absolute Gasteiger partial charge is 0.188 e. The second kappa shape index (κ2) is 2.37. The predicted octanol–water partition coefficient (Wildman–Crippen LogP) is 0.657. The zero-order chi connectivity index (χ0) is 8.55. The van der Waals surface area contributed by atoms with Crippen LogP contribution in [0.25, 0.3) is 11.5 Å². The number of hydrogen-bond donors (Lipinski definition) is 1. The van der Waals surface area contributed by atoms with Gasteiger partial charge in [-0.3, -0.25) is 0 Å². The quantitative estimate of drug-likeness (QED) is 0.672. The van der Waals surface area contributed by atoms with Gasteiger partial charge in [0, 0.05) is 19.3 Å². The van der Waals surface area contributed by atoms with Crippen LogP contribution in [-0.2, 0) is 7.05 Å². The maximum atomic E-state index is 5.38. The summed E-state index contributed by atoms with van der Waals surface area (Å²) in [6, 6.07) is 1.64. The molecule has 0 spiro atoms. The van der Waals surface area contributed by atoms with Crippen LogP contribution in [0.2, 0.25) is 0 Å². The standard InChI is InChI=1S/C7H8N4O/c1-11-3-5(9-4-11)6-2-7(8)10-12-6/h2-4H,1H3,(H2,8,10). The van der Waals surface area contributed by atoms with Gasteiger partial charge in [0.15, 0.2) is 11.6 Å². The van der Waals surface area contributed by atoms with Gasteiger partial charge >= 0.3 is 0 Å². The molecule has 0 aliphatic carbocycles. The topological polar surface area (TPSA) is 69.9 Å². The summed E-state index contributed by atoms with van der Waals surface area (Å²) in [7, 11) is 1.89. The molecule has 2 aromatic heterocycles. The van der Waals surface area contributed by atoms with Crippen molar-refractivity contribution in [1.82, 2.24) is 14.7 Å². The summed E-state index contributed by atoms with van der Waals surface area (Å²) in [6.07, 6.45) is 3.52. The fraction of sp³-hybridized carbons (Fsp3) is 0.143. The van der Waals surface area contributed by atoms with Crippen LogP contribution in [0.3, 0.4) is 0 Å². The van der Waals surface area contributed by atoms with Gasteiger partial charge in [-0.1, -0.05) is 5.16 Å². The van der Waals surface area contributed by atoms with Gasteiger partial charge in [-0.15, -0.1) is 0 Å². The van der Waals surface area contributed by atoms with Gasteiger partial charge in [-0.05, 0) is 0 Å². The average Bonchev–Trinajstić information content (AvgIpc) is 2.58. The monoisotopic (exact) mass is 164 g/mol. The highest BCUT2D eigenvalue weighted by atomic mass is 16.5. The Labute approximate surface area is 68.8 Å². The number of aryl methyl sites for hydroxylation is 1. The Morgan fingerprint density at radius 3 is 2.92 bits per heavy atom. The summed E-state index contributed by atoms with van der Waals surface area (Å²) < 4.78 is 6.74. The Kier molecular flexibility index (Phi) is 1.36. The number of aromatic nitrogens is 3. The van der Waals surface area contributed by atoms with Crippen LogP contribution in [0.5, 0.6) is 0 Å². The molecule has 0 radical (unpaired) electrons. The molecule has 0 aliphatic rings. The first-order valence-corrected chi connectivity index (χ1v) is 3.46. The molecule has 0 atom stereocenters. The van der Waals surface area contributed by atoms with Gasteiger partial charge in [-0.25, -0.2) is 4.98 Å². The molecule has 0 aromatic carbocycles. The van der Waals surface area contributed by atoms with E-state index in [1.807, 2.05) is 17.8 Å². The Hall–Kier alpha value is -1.78. The molecule has 2 rings (SSSR count). The molecule has 0 unspecified atom stereocenters. The van der Waals surface area contributed by atoms with Gasteiger partial charge in [-0.2, -0.15) is 0 Å². The number of rotatable bonds is 1. The van der Waals surface area contributed by atoms with Crippen LogP contribution >= 0.6 is 0 Å². The first-order chi connectivity index (χ1) is 5.75. The highest BCUT2D eigenvalue weighted by molar-refractivity contribution is 5.54. The summed E-state index contributed by atoms with van der Waals surface area (Å²) in [4.78, 5) is 4.07. The number of anilines is 1. The van der Waals surface area contributed by atoms with Crippen LogP contribution < -0.4 is 5.73 Å². The molecule has 12 heavy (non-hydrogen) atoms. The average molecular weight is 164 g/mol. The maximum absolute atomic E-state index is 5.38. The fourth-order valence-corrected chi connectivity index (χ4v) is 0.950. The van der Waals surface area contributed by atoms with Crippen LogP contribution in [-0.4, -0.2) is 14.7 Å². The number of imidazole rings is 1. The minimum atomic E-state index is 0.371. The third kappa shape index (κ3) is 1.05. The number of nitrogen functional groups attached to an aromatic ring is 1.